The van der Waals surface area contributed by atoms with Crippen molar-refractivity contribution in [2.45, 2.75) is 40.2 Å². The molecule has 4 nitrogen and oxygen atoms in total. The van der Waals surface area contributed by atoms with Gasteiger partial charge in [-0.1, -0.05) is 32.4 Å². The van der Waals surface area contributed by atoms with E-state index in [1.165, 1.54) is 0 Å². The Morgan fingerprint density at radius 3 is 2.58 bits per heavy atom. The number of halogens is 1. The summed E-state index contributed by atoms with van der Waals surface area (Å²) in [6, 6.07) is 3.59. The number of carbonyl (C=O) groups is 1. The zero-order chi connectivity index (χ0) is 14.4. The van der Waals surface area contributed by atoms with E-state index >= 15 is 0 Å². The van der Waals surface area contributed by atoms with Crippen molar-refractivity contribution in [3.8, 4) is 0 Å². The number of nitrogens with one attached hydrogen (secondary N) is 2. The molecule has 19 heavy (non-hydrogen) atoms. The molecule has 0 saturated carbocycles. The second-order valence-electron chi connectivity index (χ2n) is 4.79. The Labute approximate surface area is 120 Å². The minimum atomic E-state index is -0.217. The van der Waals surface area contributed by atoms with Crippen LogP contribution in [0.1, 0.15) is 44.6 Å². The third kappa shape index (κ3) is 4.39. The SMILES string of the molecule is CCNc1ccc(Cl)c(C(=O)NC(CC)C(C)C)n1. The Morgan fingerprint density at radius 1 is 1.37 bits per heavy atom. The van der Waals surface area contributed by atoms with Gasteiger partial charge in [0.15, 0.2) is 0 Å². The maximum absolute atomic E-state index is 12.2. The number of amides is 1. The predicted octanol–water partition coefficient (Wildman–Crippen LogP) is 3.33. The van der Waals surface area contributed by atoms with Gasteiger partial charge in [-0.05, 0) is 31.4 Å². The molecule has 0 radical (unpaired) electrons. The number of pyridine rings is 1. The molecule has 1 amide bonds. The summed E-state index contributed by atoms with van der Waals surface area (Å²) < 4.78 is 0. The molecule has 1 aromatic rings. The lowest BCUT2D eigenvalue weighted by molar-refractivity contribution is 0.0920. The molecule has 0 aromatic carbocycles. The molecular formula is C14H22ClN3O. The van der Waals surface area contributed by atoms with Gasteiger partial charge in [0.2, 0.25) is 0 Å². The van der Waals surface area contributed by atoms with Crippen LogP contribution in [0.5, 0.6) is 0 Å². The zero-order valence-electron chi connectivity index (χ0n) is 12.0. The first-order valence-electron chi connectivity index (χ1n) is 6.70. The minimum Gasteiger partial charge on any atom is -0.370 e. The van der Waals surface area contributed by atoms with E-state index in [0.29, 0.717) is 16.8 Å². The summed E-state index contributed by atoms with van der Waals surface area (Å²) >= 11 is 6.05. The molecule has 0 spiro atoms. The number of rotatable bonds is 6. The van der Waals surface area contributed by atoms with E-state index in [1.54, 1.807) is 12.1 Å². The van der Waals surface area contributed by atoms with Crippen LogP contribution in [0.4, 0.5) is 5.82 Å². The summed E-state index contributed by atoms with van der Waals surface area (Å²) in [4.78, 5) is 16.5. The lowest BCUT2D eigenvalue weighted by atomic mass is 10.0. The molecule has 1 rings (SSSR count). The lowest BCUT2D eigenvalue weighted by Gasteiger charge is -2.20. The number of aromatic nitrogens is 1. The first-order chi connectivity index (χ1) is 8.99. The highest BCUT2D eigenvalue weighted by Crippen LogP contribution is 2.17. The van der Waals surface area contributed by atoms with E-state index in [1.807, 2.05) is 6.92 Å². The fraction of sp³-hybridized carbons (Fsp3) is 0.571. The first kappa shape index (κ1) is 15.8. The minimum absolute atomic E-state index is 0.133. The highest BCUT2D eigenvalue weighted by atomic mass is 35.5. The second-order valence-corrected chi connectivity index (χ2v) is 5.20. The van der Waals surface area contributed by atoms with Crippen LogP contribution >= 0.6 is 11.6 Å². The fourth-order valence-corrected chi connectivity index (χ4v) is 2.05. The first-order valence-corrected chi connectivity index (χ1v) is 7.08. The van der Waals surface area contributed by atoms with Crippen LogP contribution in [0.2, 0.25) is 5.02 Å². The van der Waals surface area contributed by atoms with E-state index in [2.05, 4.69) is 36.4 Å². The van der Waals surface area contributed by atoms with Gasteiger partial charge in [-0.3, -0.25) is 4.79 Å². The number of hydrogen-bond acceptors (Lipinski definition) is 3. The molecule has 106 valence electrons. The maximum Gasteiger partial charge on any atom is 0.271 e. The van der Waals surface area contributed by atoms with Crippen molar-refractivity contribution in [1.82, 2.24) is 10.3 Å². The quantitative estimate of drug-likeness (QED) is 0.842. The Kier molecular flexibility index (Phi) is 6.09. The van der Waals surface area contributed by atoms with Crippen molar-refractivity contribution >= 4 is 23.3 Å². The highest BCUT2D eigenvalue weighted by Gasteiger charge is 2.18. The van der Waals surface area contributed by atoms with E-state index in [9.17, 15) is 4.79 Å². The van der Waals surface area contributed by atoms with E-state index in [4.69, 9.17) is 11.6 Å². The molecule has 1 aromatic heterocycles. The number of anilines is 1. The topological polar surface area (TPSA) is 54.0 Å². The number of carbonyl (C=O) groups excluding carboxylic acids is 1. The van der Waals surface area contributed by atoms with E-state index in [-0.39, 0.29) is 17.6 Å². The Balaban J connectivity index is 2.89. The third-order valence-corrected chi connectivity index (χ3v) is 3.29. The fourth-order valence-electron chi connectivity index (χ4n) is 1.86. The van der Waals surface area contributed by atoms with Crippen LogP contribution in [-0.4, -0.2) is 23.5 Å². The normalized spacial score (nSPS) is 12.3. The highest BCUT2D eigenvalue weighted by molar-refractivity contribution is 6.33. The van der Waals surface area contributed by atoms with Crippen LogP contribution in [-0.2, 0) is 0 Å². The van der Waals surface area contributed by atoms with Crippen molar-refractivity contribution in [2.75, 3.05) is 11.9 Å². The summed E-state index contributed by atoms with van der Waals surface area (Å²) in [6.45, 7) is 8.94. The summed E-state index contributed by atoms with van der Waals surface area (Å²) in [7, 11) is 0. The monoisotopic (exact) mass is 283 g/mol. The standard InChI is InChI=1S/C14H22ClN3O/c1-5-11(9(3)4)17-14(19)13-10(15)7-8-12(18-13)16-6-2/h7-9,11H,5-6H2,1-4H3,(H,16,18)(H,17,19). The average Bonchev–Trinajstić information content (AvgIpc) is 2.37. The molecule has 1 heterocycles. The van der Waals surface area contributed by atoms with Gasteiger partial charge in [0.1, 0.15) is 11.5 Å². The molecular weight excluding hydrogens is 262 g/mol. The molecule has 0 saturated heterocycles. The van der Waals surface area contributed by atoms with Crippen LogP contribution in [0.25, 0.3) is 0 Å². The molecule has 5 heteroatoms. The number of nitrogens with zero attached hydrogens (tertiary/aromatic N) is 1. The maximum atomic E-state index is 12.2. The Hall–Kier alpha value is -1.29. The molecule has 1 atom stereocenters. The lowest BCUT2D eigenvalue weighted by Crippen LogP contribution is -2.38. The van der Waals surface area contributed by atoms with Crippen LogP contribution in [0, 0.1) is 5.92 Å². The van der Waals surface area contributed by atoms with Gasteiger partial charge in [-0.2, -0.15) is 0 Å². The van der Waals surface area contributed by atoms with Crippen LogP contribution in [0.3, 0.4) is 0 Å². The number of hydrogen-bond donors (Lipinski definition) is 2. The largest absolute Gasteiger partial charge is 0.370 e. The predicted molar refractivity (Wildman–Crippen MR) is 79.8 cm³/mol. The van der Waals surface area contributed by atoms with Gasteiger partial charge < -0.3 is 10.6 Å². The van der Waals surface area contributed by atoms with Crippen molar-refractivity contribution in [1.29, 1.82) is 0 Å². The smallest absolute Gasteiger partial charge is 0.271 e. The summed E-state index contributed by atoms with van der Waals surface area (Å²) in [5.74, 6) is 0.824. The van der Waals surface area contributed by atoms with Gasteiger partial charge in [0.25, 0.3) is 5.91 Å². The van der Waals surface area contributed by atoms with Crippen LogP contribution < -0.4 is 10.6 Å². The molecule has 1 unspecified atom stereocenters. The Morgan fingerprint density at radius 2 is 2.05 bits per heavy atom. The van der Waals surface area contributed by atoms with Gasteiger partial charge in [-0.25, -0.2) is 4.98 Å². The average molecular weight is 284 g/mol. The molecule has 0 aliphatic carbocycles. The van der Waals surface area contributed by atoms with E-state index in [0.717, 1.165) is 13.0 Å². The van der Waals surface area contributed by atoms with Crippen molar-refractivity contribution in [2.24, 2.45) is 5.92 Å². The van der Waals surface area contributed by atoms with Crippen molar-refractivity contribution in [3.63, 3.8) is 0 Å². The van der Waals surface area contributed by atoms with Gasteiger partial charge in [0, 0.05) is 12.6 Å². The molecule has 0 fully saturated rings. The Bertz CT molecular complexity index is 435. The van der Waals surface area contributed by atoms with Crippen molar-refractivity contribution in [3.05, 3.63) is 22.8 Å². The second kappa shape index (κ2) is 7.34. The third-order valence-electron chi connectivity index (χ3n) is 2.98. The van der Waals surface area contributed by atoms with E-state index < -0.39 is 0 Å². The molecule has 0 bridgehead atoms. The summed E-state index contributed by atoms with van der Waals surface area (Å²) in [5.41, 5.74) is 0.277. The van der Waals surface area contributed by atoms with Gasteiger partial charge >= 0.3 is 0 Å². The van der Waals surface area contributed by atoms with Crippen molar-refractivity contribution < 1.29 is 4.79 Å². The molecule has 2 N–H and O–H groups in total. The van der Waals surface area contributed by atoms with Gasteiger partial charge in [0.05, 0.1) is 5.02 Å². The summed E-state index contributed by atoms with van der Waals surface area (Å²) in [5, 5.41) is 6.42. The van der Waals surface area contributed by atoms with Gasteiger partial charge in [-0.15, -0.1) is 0 Å². The summed E-state index contributed by atoms with van der Waals surface area (Å²) in [6.07, 6.45) is 0.883. The molecule has 0 aliphatic heterocycles. The molecule has 0 aliphatic rings. The zero-order valence-corrected chi connectivity index (χ0v) is 12.7. The van der Waals surface area contributed by atoms with Crippen LogP contribution in [0.15, 0.2) is 12.1 Å².